The zero-order valence-corrected chi connectivity index (χ0v) is 17.2. The first kappa shape index (κ1) is 20.5. The van der Waals surface area contributed by atoms with Crippen molar-refractivity contribution >= 4 is 11.7 Å². The normalized spacial score (nSPS) is 16.6. The molecule has 3 N–H and O–H groups in total. The number of nitrogens with zero attached hydrogens (tertiary/aromatic N) is 1. The highest BCUT2D eigenvalue weighted by atomic mass is 16.3. The Bertz CT molecular complexity index is 945. The summed E-state index contributed by atoms with van der Waals surface area (Å²) in [5, 5.41) is 16.7. The monoisotopic (exact) mass is 397 g/mol. The molecule has 0 fully saturated rings. The van der Waals surface area contributed by atoms with Crippen LogP contribution in [0.5, 0.6) is 0 Å². The van der Waals surface area contributed by atoms with Crippen molar-refractivity contribution in [2.75, 3.05) is 14.1 Å². The predicted octanol–water partition coefficient (Wildman–Crippen LogP) is 3.01. The Morgan fingerprint density at radius 1 is 1.31 bits per heavy atom. The molecule has 0 aliphatic heterocycles. The molecule has 0 saturated carbocycles. The van der Waals surface area contributed by atoms with Crippen molar-refractivity contribution in [1.82, 2.24) is 15.5 Å². The van der Waals surface area contributed by atoms with Gasteiger partial charge < -0.3 is 25.1 Å². The second-order valence-electron chi connectivity index (χ2n) is 7.72. The molecule has 0 unspecified atom stereocenters. The molecule has 0 spiro atoms. The fourth-order valence-corrected chi connectivity index (χ4v) is 3.06. The minimum atomic E-state index is -0.270. The first-order valence-electron chi connectivity index (χ1n) is 9.61. The lowest BCUT2D eigenvalue weighted by molar-refractivity contribution is -0.124. The van der Waals surface area contributed by atoms with E-state index in [-0.39, 0.29) is 29.4 Å². The first-order chi connectivity index (χ1) is 13.8. The van der Waals surface area contributed by atoms with Crippen molar-refractivity contribution in [2.24, 2.45) is 0 Å². The maximum Gasteiger partial charge on any atom is 0.256 e. The maximum atomic E-state index is 12.2. The third-order valence-corrected chi connectivity index (χ3v) is 4.89. The molecule has 0 atom stereocenters. The number of likely N-dealkylation sites (N-methyl/N-ethyl adjacent to an activating group) is 1. The van der Waals surface area contributed by atoms with Crippen LogP contribution in [0.3, 0.4) is 0 Å². The van der Waals surface area contributed by atoms with Crippen LogP contribution in [0.25, 0.3) is 0 Å². The van der Waals surface area contributed by atoms with Gasteiger partial charge in [-0.1, -0.05) is 19.9 Å². The molecular formula is C22H27N3O4. The van der Waals surface area contributed by atoms with E-state index >= 15 is 0 Å². The molecule has 2 aliphatic carbocycles. The second kappa shape index (κ2) is 8.43. The van der Waals surface area contributed by atoms with Gasteiger partial charge in [0.05, 0.1) is 24.8 Å². The number of aliphatic hydroxyl groups excluding tert-OH is 1. The van der Waals surface area contributed by atoms with E-state index in [4.69, 9.17) is 4.42 Å². The van der Waals surface area contributed by atoms with Crippen LogP contribution < -0.4 is 10.6 Å². The van der Waals surface area contributed by atoms with E-state index < -0.39 is 0 Å². The molecule has 1 amide bonds. The van der Waals surface area contributed by atoms with E-state index in [1.807, 2.05) is 6.07 Å². The molecule has 1 aromatic heterocycles. The molecule has 2 aliphatic rings. The Balaban J connectivity index is 1.66. The van der Waals surface area contributed by atoms with Crippen molar-refractivity contribution < 1.29 is 19.1 Å². The van der Waals surface area contributed by atoms with Crippen LogP contribution in [-0.2, 0) is 16.1 Å². The number of rotatable bonds is 7. The number of nitrogens with one attached hydrogen (secondary N) is 2. The van der Waals surface area contributed by atoms with Crippen molar-refractivity contribution in [2.45, 2.75) is 39.2 Å². The molecule has 0 saturated heterocycles. The van der Waals surface area contributed by atoms with Crippen LogP contribution in [0.2, 0.25) is 0 Å². The maximum absolute atomic E-state index is 12.2. The lowest BCUT2D eigenvalue weighted by Crippen LogP contribution is -2.36. The van der Waals surface area contributed by atoms with Crippen molar-refractivity contribution in [3.63, 3.8) is 0 Å². The molecule has 3 rings (SSSR count). The highest BCUT2D eigenvalue weighted by molar-refractivity contribution is 6.04. The molecular weight excluding hydrogens is 370 g/mol. The molecule has 1 aromatic rings. The summed E-state index contributed by atoms with van der Waals surface area (Å²) < 4.78 is 5.56. The van der Waals surface area contributed by atoms with E-state index in [0.29, 0.717) is 30.3 Å². The largest absolute Gasteiger partial charge is 0.511 e. The van der Waals surface area contributed by atoms with Gasteiger partial charge in [0.2, 0.25) is 0 Å². The van der Waals surface area contributed by atoms with E-state index in [1.165, 1.54) is 4.90 Å². The average Bonchev–Trinajstić information content (AvgIpc) is 3.06. The number of hydrogen-bond acceptors (Lipinski definition) is 6. The van der Waals surface area contributed by atoms with Crippen LogP contribution in [0.15, 0.2) is 63.4 Å². The minimum absolute atomic E-state index is 0.00278. The SMILES string of the molecule is CC(C)c1coc(CNC2=C(NC3=CC=CC(C(=O)N(C)C)=C(O)C3)C(=O)C2)c1. The zero-order chi connectivity index (χ0) is 21.1. The number of hydrogen-bond donors (Lipinski definition) is 3. The Morgan fingerprint density at radius 3 is 2.69 bits per heavy atom. The van der Waals surface area contributed by atoms with Gasteiger partial charge in [-0.25, -0.2) is 0 Å². The van der Waals surface area contributed by atoms with E-state index in [2.05, 4.69) is 24.5 Å². The van der Waals surface area contributed by atoms with Gasteiger partial charge in [0.1, 0.15) is 17.2 Å². The highest BCUT2D eigenvalue weighted by Gasteiger charge is 2.28. The molecule has 154 valence electrons. The third-order valence-electron chi connectivity index (χ3n) is 4.89. The van der Waals surface area contributed by atoms with Gasteiger partial charge in [-0.2, -0.15) is 0 Å². The Hall–Kier alpha value is -3.22. The van der Waals surface area contributed by atoms with Crippen LogP contribution in [0, 0.1) is 0 Å². The van der Waals surface area contributed by atoms with Gasteiger partial charge >= 0.3 is 0 Å². The summed E-state index contributed by atoms with van der Waals surface area (Å²) in [4.78, 5) is 25.7. The van der Waals surface area contributed by atoms with E-state index in [1.54, 1.807) is 38.6 Å². The molecule has 0 radical (unpaired) electrons. The van der Waals surface area contributed by atoms with Gasteiger partial charge in [-0.05, 0) is 29.7 Å². The summed E-state index contributed by atoms with van der Waals surface area (Å²) in [7, 11) is 3.26. The van der Waals surface area contributed by atoms with Crippen LogP contribution in [0.4, 0.5) is 0 Å². The lowest BCUT2D eigenvalue weighted by Gasteiger charge is -2.25. The number of aliphatic hydroxyl groups is 1. The number of carbonyl (C=O) groups is 2. The summed E-state index contributed by atoms with van der Waals surface area (Å²) >= 11 is 0. The quantitative estimate of drug-likeness (QED) is 0.655. The smallest absolute Gasteiger partial charge is 0.256 e. The minimum Gasteiger partial charge on any atom is -0.511 e. The Labute approximate surface area is 170 Å². The molecule has 0 aromatic carbocycles. The molecule has 29 heavy (non-hydrogen) atoms. The van der Waals surface area contributed by atoms with E-state index in [0.717, 1.165) is 17.0 Å². The predicted molar refractivity (Wildman–Crippen MR) is 110 cm³/mol. The van der Waals surface area contributed by atoms with Gasteiger partial charge in [0, 0.05) is 31.9 Å². The highest BCUT2D eigenvalue weighted by Crippen LogP contribution is 2.25. The third kappa shape index (κ3) is 4.62. The zero-order valence-electron chi connectivity index (χ0n) is 17.2. The summed E-state index contributed by atoms with van der Waals surface area (Å²) in [6.45, 7) is 4.70. The van der Waals surface area contributed by atoms with Gasteiger partial charge in [-0.15, -0.1) is 0 Å². The molecule has 7 heteroatoms. The van der Waals surface area contributed by atoms with Crippen LogP contribution in [0.1, 0.15) is 43.9 Å². The van der Waals surface area contributed by atoms with Gasteiger partial charge in [0.25, 0.3) is 5.91 Å². The standard InChI is InChI=1S/C22H27N3O4/c1-13(2)14-8-16(29-12-14)11-23-18-10-20(27)21(18)24-15-6-5-7-17(19(26)9-15)22(28)25(3)4/h5-8,12-13,23-24,26H,9-11H2,1-4H3. The first-order valence-corrected chi connectivity index (χ1v) is 9.61. The number of allylic oxidation sites excluding steroid dienone is 4. The van der Waals surface area contributed by atoms with E-state index in [9.17, 15) is 14.7 Å². The number of furan rings is 1. The number of carbonyl (C=O) groups excluding carboxylic acids is 2. The van der Waals surface area contributed by atoms with Gasteiger partial charge in [-0.3, -0.25) is 9.59 Å². The van der Waals surface area contributed by atoms with Gasteiger partial charge in [0.15, 0.2) is 5.78 Å². The van der Waals surface area contributed by atoms with Crippen molar-refractivity contribution in [3.05, 3.63) is 70.3 Å². The van der Waals surface area contributed by atoms with Crippen LogP contribution >= 0.6 is 0 Å². The Kier molecular flexibility index (Phi) is 5.96. The summed E-state index contributed by atoms with van der Waals surface area (Å²) in [5.41, 5.74) is 3.31. The number of ketones is 1. The lowest BCUT2D eigenvalue weighted by atomic mass is 9.98. The molecule has 1 heterocycles. The van der Waals surface area contributed by atoms with Crippen molar-refractivity contribution in [3.8, 4) is 0 Å². The molecule has 7 nitrogen and oxygen atoms in total. The number of Topliss-reactive ketones (excluding diaryl/α,β-unsaturated/α-hetero) is 1. The second-order valence-corrected chi connectivity index (χ2v) is 7.72. The summed E-state index contributed by atoms with van der Waals surface area (Å²) in [5.74, 6) is 0.902. The summed E-state index contributed by atoms with van der Waals surface area (Å²) in [6.07, 6.45) is 7.24. The average molecular weight is 397 g/mol. The summed E-state index contributed by atoms with van der Waals surface area (Å²) in [6, 6.07) is 2.01. The van der Waals surface area contributed by atoms with Crippen molar-refractivity contribution in [1.29, 1.82) is 0 Å². The Morgan fingerprint density at radius 2 is 2.07 bits per heavy atom. The topological polar surface area (TPSA) is 94.8 Å². The number of amides is 1. The fourth-order valence-electron chi connectivity index (χ4n) is 3.06. The van der Waals surface area contributed by atoms with Crippen LogP contribution in [-0.4, -0.2) is 35.8 Å². The fraction of sp³-hybridized carbons (Fsp3) is 0.364. The molecule has 0 bridgehead atoms.